The van der Waals surface area contributed by atoms with Crippen LogP contribution in [0.25, 0.3) is 16.8 Å². The van der Waals surface area contributed by atoms with Crippen LogP contribution in [0.4, 0.5) is 10.5 Å². The molecule has 0 aliphatic carbocycles. The summed E-state index contributed by atoms with van der Waals surface area (Å²) in [6.45, 7) is 4.33. The van der Waals surface area contributed by atoms with Gasteiger partial charge in [0.05, 0.1) is 18.4 Å². The smallest absolute Gasteiger partial charge is 0.337 e. The van der Waals surface area contributed by atoms with E-state index < -0.39 is 23.8 Å². The monoisotopic (exact) mass is 534 g/mol. The van der Waals surface area contributed by atoms with Crippen molar-refractivity contribution in [1.29, 1.82) is 0 Å². The van der Waals surface area contributed by atoms with Crippen LogP contribution >= 0.6 is 0 Å². The first kappa shape index (κ1) is 26.4. The topological polar surface area (TPSA) is 102 Å². The maximum absolute atomic E-state index is 13.6. The van der Waals surface area contributed by atoms with E-state index in [0.717, 1.165) is 32.4 Å². The molecule has 1 aliphatic heterocycles. The molecule has 1 N–H and O–H groups in total. The Bertz CT molecular complexity index is 1680. The van der Waals surface area contributed by atoms with Gasteiger partial charge in [-0.1, -0.05) is 59.7 Å². The lowest BCUT2D eigenvalue weighted by Crippen LogP contribution is -2.54. The minimum absolute atomic E-state index is 0.192. The summed E-state index contributed by atoms with van der Waals surface area (Å²) in [7, 11) is 1.26. The van der Waals surface area contributed by atoms with Gasteiger partial charge in [-0.05, 0) is 66.6 Å². The summed E-state index contributed by atoms with van der Waals surface area (Å²) in [6.07, 6.45) is 1.46. The molecule has 1 saturated heterocycles. The third-order valence-electron chi connectivity index (χ3n) is 6.54. The number of ether oxygens (including phenoxy) is 2. The van der Waals surface area contributed by atoms with Crippen LogP contribution in [-0.4, -0.2) is 30.9 Å². The minimum atomic E-state index is -0.887. The van der Waals surface area contributed by atoms with Crippen LogP contribution in [0.15, 0.2) is 84.4 Å². The number of aryl methyl sites for hydroxylation is 2. The summed E-state index contributed by atoms with van der Waals surface area (Å²) in [5.74, 6) is -1.68. The summed E-state index contributed by atoms with van der Waals surface area (Å²) in [5, 5.41) is 3.91. The van der Waals surface area contributed by atoms with E-state index in [4.69, 9.17) is 9.47 Å². The Labute approximate surface area is 230 Å². The van der Waals surface area contributed by atoms with Gasteiger partial charge < -0.3 is 9.47 Å². The van der Waals surface area contributed by atoms with E-state index in [2.05, 4.69) is 11.4 Å². The lowest BCUT2D eigenvalue weighted by molar-refractivity contribution is -0.122. The van der Waals surface area contributed by atoms with E-state index >= 15 is 0 Å². The van der Waals surface area contributed by atoms with Gasteiger partial charge in [0, 0.05) is 5.56 Å². The Hall–Kier alpha value is -5.24. The molecule has 0 unspecified atom stereocenters. The van der Waals surface area contributed by atoms with Crippen molar-refractivity contribution in [2.75, 3.05) is 12.0 Å². The van der Waals surface area contributed by atoms with Crippen LogP contribution < -0.4 is 15.0 Å². The van der Waals surface area contributed by atoms with Gasteiger partial charge in [-0.15, -0.1) is 0 Å². The van der Waals surface area contributed by atoms with Gasteiger partial charge >= 0.3 is 12.0 Å². The third kappa shape index (κ3) is 5.19. The van der Waals surface area contributed by atoms with E-state index in [1.807, 2.05) is 56.3 Å². The molecule has 0 spiro atoms. The molecule has 4 aromatic rings. The number of anilines is 1. The summed E-state index contributed by atoms with van der Waals surface area (Å²) in [6, 6.07) is 22.3. The fourth-order valence-corrected chi connectivity index (χ4v) is 4.76. The molecule has 4 aromatic carbocycles. The minimum Gasteiger partial charge on any atom is -0.488 e. The van der Waals surface area contributed by atoms with Gasteiger partial charge in [0.1, 0.15) is 17.9 Å². The number of rotatable bonds is 6. The summed E-state index contributed by atoms with van der Waals surface area (Å²) in [5.41, 5.74) is 3.98. The molecule has 8 heteroatoms. The Morgan fingerprint density at radius 2 is 1.60 bits per heavy atom. The van der Waals surface area contributed by atoms with E-state index in [1.165, 1.54) is 37.5 Å². The first-order valence-corrected chi connectivity index (χ1v) is 12.6. The van der Waals surface area contributed by atoms with Crippen LogP contribution in [0.1, 0.15) is 32.6 Å². The zero-order valence-corrected chi connectivity index (χ0v) is 22.2. The maximum atomic E-state index is 13.6. The first-order valence-electron chi connectivity index (χ1n) is 12.6. The number of imide groups is 2. The molecule has 200 valence electrons. The maximum Gasteiger partial charge on any atom is 0.337 e. The van der Waals surface area contributed by atoms with E-state index in [9.17, 15) is 19.2 Å². The number of amides is 4. The highest BCUT2D eigenvalue weighted by molar-refractivity contribution is 6.39. The summed E-state index contributed by atoms with van der Waals surface area (Å²) < 4.78 is 10.9. The quantitative estimate of drug-likeness (QED) is 0.199. The van der Waals surface area contributed by atoms with Crippen LogP contribution in [0.3, 0.4) is 0 Å². The SMILES string of the molecule is COC(=O)c1ccc(N2C(=O)NC(=O)/C(=C\c3c(OCc4cc(C)cc(C)c4)ccc4ccccc34)C2=O)cc1. The number of benzene rings is 4. The second kappa shape index (κ2) is 10.9. The average Bonchev–Trinajstić information content (AvgIpc) is 2.93. The highest BCUT2D eigenvalue weighted by atomic mass is 16.5. The second-order valence-electron chi connectivity index (χ2n) is 9.48. The number of nitrogens with one attached hydrogen (secondary N) is 1. The van der Waals surface area contributed by atoms with Crippen molar-refractivity contribution in [3.63, 3.8) is 0 Å². The van der Waals surface area contributed by atoms with Gasteiger partial charge in [0.2, 0.25) is 0 Å². The van der Waals surface area contributed by atoms with Crippen LogP contribution in [0.2, 0.25) is 0 Å². The number of urea groups is 1. The zero-order chi connectivity index (χ0) is 28.4. The molecule has 0 atom stereocenters. The van der Waals surface area contributed by atoms with Crippen molar-refractivity contribution in [3.05, 3.63) is 112 Å². The molecule has 0 aromatic heterocycles. The van der Waals surface area contributed by atoms with E-state index in [1.54, 1.807) is 6.07 Å². The lowest BCUT2D eigenvalue weighted by Gasteiger charge is -2.26. The first-order chi connectivity index (χ1) is 19.2. The van der Waals surface area contributed by atoms with Crippen LogP contribution in [0, 0.1) is 13.8 Å². The number of carbonyl (C=O) groups excluding carboxylic acids is 4. The number of methoxy groups -OCH3 is 1. The van der Waals surface area contributed by atoms with Crippen molar-refractivity contribution in [2.45, 2.75) is 20.5 Å². The van der Waals surface area contributed by atoms with Crippen LogP contribution in [-0.2, 0) is 20.9 Å². The molecule has 4 amide bonds. The molecule has 1 fully saturated rings. The molecular weight excluding hydrogens is 508 g/mol. The molecular formula is C32H26N2O6. The molecule has 0 radical (unpaired) electrons. The fourth-order valence-electron chi connectivity index (χ4n) is 4.76. The van der Waals surface area contributed by atoms with Crippen molar-refractivity contribution in [3.8, 4) is 5.75 Å². The number of esters is 1. The second-order valence-corrected chi connectivity index (χ2v) is 9.48. The van der Waals surface area contributed by atoms with E-state index in [-0.39, 0.29) is 23.4 Å². The summed E-state index contributed by atoms with van der Waals surface area (Å²) >= 11 is 0. The van der Waals surface area contributed by atoms with Crippen molar-refractivity contribution in [2.24, 2.45) is 0 Å². The molecule has 1 aliphatic rings. The number of barbiturate groups is 1. The summed E-state index contributed by atoms with van der Waals surface area (Å²) in [4.78, 5) is 51.9. The van der Waals surface area contributed by atoms with Crippen molar-refractivity contribution in [1.82, 2.24) is 5.32 Å². The van der Waals surface area contributed by atoms with Gasteiger partial charge in [-0.3, -0.25) is 14.9 Å². The average molecular weight is 535 g/mol. The Morgan fingerprint density at radius 3 is 2.30 bits per heavy atom. The predicted molar refractivity (Wildman–Crippen MR) is 151 cm³/mol. The molecule has 1 heterocycles. The number of carbonyl (C=O) groups is 4. The van der Waals surface area contributed by atoms with Gasteiger partial charge in [0.15, 0.2) is 0 Å². The number of fused-ring (bicyclic) bond motifs is 1. The van der Waals surface area contributed by atoms with E-state index in [0.29, 0.717) is 11.3 Å². The number of hydrogen-bond acceptors (Lipinski definition) is 6. The van der Waals surface area contributed by atoms with Gasteiger partial charge in [-0.2, -0.15) is 0 Å². The standard InChI is InChI=1S/C32H26N2O6/c1-19-14-20(2)16-21(15-19)18-40-28-13-10-22-6-4-5-7-25(22)26(28)17-27-29(35)33-32(38)34(30(27)36)24-11-8-23(9-12-24)31(37)39-3/h4-17H,18H2,1-3H3,(H,33,35,38)/b27-17+. The predicted octanol–water partition coefficient (Wildman–Crippen LogP) is 5.49. The molecule has 0 saturated carbocycles. The molecule has 40 heavy (non-hydrogen) atoms. The van der Waals surface area contributed by atoms with Gasteiger partial charge in [0.25, 0.3) is 11.8 Å². The van der Waals surface area contributed by atoms with Gasteiger partial charge in [-0.25, -0.2) is 14.5 Å². The molecule has 8 nitrogen and oxygen atoms in total. The Balaban J connectivity index is 1.55. The zero-order valence-electron chi connectivity index (χ0n) is 22.2. The lowest BCUT2D eigenvalue weighted by atomic mass is 9.99. The van der Waals surface area contributed by atoms with Crippen molar-refractivity contribution < 1.29 is 28.7 Å². The number of hydrogen-bond donors (Lipinski definition) is 1. The molecule has 5 rings (SSSR count). The highest BCUT2D eigenvalue weighted by Gasteiger charge is 2.37. The van der Waals surface area contributed by atoms with Crippen LogP contribution in [0.5, 0.6) is 5.75 Å². The fraction of sp³-hybridized carbons (Fsp3) is 0.125. The normalized spacial score (nSPS) is 14.4. The Kier molecular flexibility index (Phi) is 7.16. The largest absolute Gasteiger partial charge is 0.488 e. The Morgan fingerprint density at radius 1 is 0.900 bits per heavy atom. The highest BCUT2D eigenvalue weighted by Crippen LogP contribution is 2.32. The van der Waals surface area contributed by atoms with Crippen molar-refractivity contribution >= 4 is 46.4 Å². The third-order valence-corrected chi connectivity index (χ3v) is 6.54. The number of nitrogens with zero attached hydrogens (tertiary/aromatic N) is 1. The molecule has 0 bridgehead atoms.